The van der Waals surface area contributed by atoms with Crippen LogP contribution < -0.4 is 0 Å². The van der Waals surface area contributed by atoms with Gasteiger partial charge in [-0.1, -0.05) is 12.1 Å². The lowest BCUT2D eigenvalue weighted by molar-refractivity contribution is -0.383. The van der Waals surface area contributed by atoms with Crippen LogP contribution in [0.4, 0.5) is 5.69 Å². The van der Waals surface area contributed by atoms with E-state index in [1.807, 2.05) is 0 Å². The summed E-state index contributed by atoms with van der Waals surface area (Å²) in [4.78, 5) is 14.0. The van der Waals surface area contributed by atoms with Gasteiger partial charge in [-0.3, -0.25) is 15.1 Å². The molecule has 0 atom stereocenters. The van der Waals surface area contributed by atoms with Crippen LogP contribution in [0.2, 0.25) is 0 Å². The molecule has 0 N–H and O–H groups in total. The molecule has 0 radical (unpaired) electrons. The number of fused-ring (bicyclic) bond motifs is 1. The van der Waals surface area contributed by atoms with E-state index in [9.17, 15) is 10.1 Å². The van der Waals surface area contributed by atoms with Gasteiger partial charge in [-0.05, 0) is 12.1 Å². The molecule has 0 saturated carbocycles. The molecule has 4 nitrogen and oxygen atoms in total. The first kappa shape index (κ1) is 6.54. The van der Waals surface area contributed by atoms with E-state index in [-0.39, 0.29) is 11.9 Å². The Kier molecular flexibility index (Phi) is 1.42. The molecule has 13 heavy (non-hydrogen) atoms. The van der Waals surface area contributed by atoms with Gasteiger partial charge in [0.25, 0.3) is 5.69 Å². The van der Waals surface area contributed by atoms with Crippen molar-refractivity contribution >= 4 is 16.6 Å². The summed E-state index contributed by atoms with van der Waals surface area (Å²) >= 11 is 0. The van der Waals surface area contributed by atoms with Crippen LogP contribution in [0, 0.1) is 10.1 Å². The van der Waals surface area contributed by atoms with Crippen LogP contribution in [0.25, 0.3) is 10.9 Å². The van der Waals surface area contributed by atoms with E-state index in [1.165, 1.54) is 0 Å². The monoisotopic (exact) mass is 175 g/mol. The molecular weight excluding hydrogens is 168 g/mol. The topological polar surface area (TPSA) is 56.0 Å². The second-order valence-electron chi connectivity index (χ2n) is 2.54. The highest BCUT2D eigenvalue weighted by Gasteiger charge is 2.09. The highest BCUT2D eigenvalue weighted by atomic mass is 16.6. The number of rotatable bonds is 1. The van der Waals surface area contributed by atoms with Gasteiger partial charge in [0, 0.05) is 12.2 Å². The molecule has 0 unspecified atom stereocenters. The molecule has 64 valence electrons. The maximum atomic E-state index is 10.7. The number of aromatic nitrogens is 1. The second kappa shape index (κ2) is 2.82. The van der Waals surface area contributed by atoms with Crippen molar-refractivity contribution in [2.24, 2.45) is 0 Å². The first-order valence-electron chi connectivity index (χ1n) is 4.19. The zero-order valence-electron chi connectivity index (χ0n) is 7.60. The van der Waals surface area contributed by atoms with E-state index >= 15 is 0 Å². The Bertz CT molecular complexity index is 513. The third-order valence-electron chi connectivity index (χ3n) is 1.76. The summed E-state index contributed by atoms with van der Waals surface area (Å²) in [6.45, 7) is 0. The molecule has 2 rings (SSSR count). The molecule has 0 bridgehead atoms. The summed E-state index contributed by atoms with van der Waals surface area (Å²) in [5, 5.41) is 11.1. The molecule has 0 aliphatic rings. The number of benzene rings is 1. The first-order chi connectivity index (χ1) is 6.68. The van der Waals surface area contributed by atoms with Crippen molar-refractivity contribution in [3.8, 4) is 0 Å². The zero-order chi connectivity index (χ0) is 10.1. The summed E-state index contributed by atoms with van der Waals surface area (Å²) in [5.74, 6) is 0. The van der Waals surface area contributed by atoms with Crippen LogP contribution in [-0.4, -0.2) is 9.91 Å². The summed E-state index contributed by atoms with van der Waals surface area (Å²) < 4.78 is 7.30. The van der Waals surface area contributed by atoms with Crippen LogP contribution in [0.15, 0.2) is 36.5 Å². The van der Waals surface area contributed by atoms with Crippen molar-refractivity contribution in [2.45, 2.75) is 0 Å². The second-order valence-corrected chi connectivity index (χ2v) is 2.54. The van der Waals surface area contributed by atoms with Gasteiger partial charge in [0.2, 0.25) is 0 Å². The average molecular weight is 175 g/mol. The minimum atomic E-state index is -0.498. The van der Waals surface area contributed by atoms with Crippen molar-refractivity contribution in [3.63, 3.8) is 0 Å². The summed E-state index contributed by atoms with van der Waals surface area (Å²) in [7, 11) is 0. The fourth-order valence-electron chi connectivity index (χ4n) is 1.18. The van der Waals surface area contributed by atoms with Crippen molar-refractivity contribution in [3.05, 3.63) is 46.6 Å². The van der Waals surface area contributed by atoms with Crippen molar-refractivity contribution < 1.29 is 6.29 Å². The molecule has 0 aliphatic carbocycles. The van der Waals surface area contributed by atoms with Crippen molar-refractivity contribution in [1.29, 1.82) is 0 Å². The maximum absolute atomic E-state index is 10.7. The van der Waals surface area contributed by atoms with E-state index in [0.29, 0.717) is 10.9 Å². The lowest BCUT2D eigenvalue weighted by Crippen LogP contribution is -1.90. The Balaban J connectivity index is 2.87. The highest BCUT2D eigenvalue weighted by molar-refractivity contribution is 5.87. The first-order valence-corrected chi connectivity index (χ1v) is 3.69. The Hall–Kier alpha value is -1.97. The standard InChI is InChI=1S/C9H6N2O2/c12-11(13)9-5-6-10-8-4-2-1-3-7(8)9/h1-6H/i6D. The molecule has 0 saturated heterocycles. The summed E-state index contributed by atoms with van der Waals surface area (Å²) in [5.41, 5.74) is 0.410. The smallest absolute Gasteiger partial charge is 0.258 e. The molecule has 0 amide bonds. The van der Waals surface area contributed by atoms with E-state index in [2.05, 4.69) is 4.98 Å². The molecule has 0 aliphatic heterocycles. The number of hydrogen-bond acceptors (Lipinski definition) is 3. The Morgan fingerprint density at radius 2 is 2.15 bits per heavy atom. The van der Waals surface area contributed by atoms with E-state index in [4.69, 9.17) is 1.37 Å². The average Bonchev–Trinajstić information content (AvgIpc) is 2.16. The van der Waals surface area contributed by atoms with Crippen LogP contribution in [-0.2, 0) is 0 Å². The fraction of sp³-hybridized carbons (Fsp3) is 0. The van der Waals surface area contributed by atoms with Crippen molar-refractivity contribution in [2.75, 3.05) is 0 Å². The molecule has 0 spiro atoms. The van der Waals surface area contributed by atoms with Crippen LogP contribution in [0.1, 0.15) is 1.37 Å². The SMILES string of the molecule is [2H]c1cc([N+](=O)[O-])c2ccccc2n1. The van der Waals surface area contributed by atoms with Gasteiger partial charge >= 0.3 is 0 Å². The summed E-state index contributed by atoms with van der Waals surface area (Å²) in [6, 6.07) is 7.88. The molecule has 2 aromatic rings. The number of pyridine rings is 1. The molecule has 0 fully saturated rings. The summed E-state index contributed by atoms with van der Waals surface area (Å²) in [6.07, 6.45) is -0.0876. The lowest BCUT2D eigenvalue weighted by atomic mass is 10.2. The Morgan fingerprint density at radius 1 is 1.38 bits per heavy atom. The van der Waals surface area contributed by atoms with Gasteiger partial charge < -0.3 is 0 Å². The van der Waals surface area contributed by atoms with Crippen LogP contribution in [0.5, 0.6) is 0 Å². The van der Waals surface area contributed by atoms with Crippen molar-refractivity contribution in [1.82, 2.24) is 4.98 Å². The molecule has 1 heterocycles. The number of nitro groups is 1. The number of para-hydroxylation sites is 1. The Morgan fingerprint density at radius 3 is 2.92 bits per heavy atom. The fourth-order valence-corrected chi connectivity index (χ4v) is 1.18. The molecule has 1 aromatic carbocycles. The largest absolute Gasteiger partial charge is 0.280 e. The number of nitrogens with zero attached hydrogens (tertiary/aromatic N) is 2. The quantitative estimate of drug-likeness (QED) is 0.492. The Labute approximate surface area is 75.4 Å². The molecule has 4 heteroatoms. The minimum absolute atomic E-state index is 0.0689. The third-order valence-corrected chi connectivity index (χ3v) is 1.76. The van der Waals surface area contributed by atoms with Gasteiger partial charge in [-0.2, -0.15) is 0 Å². The van der Waals surface area contributed by atoms with Crippen LogP contribution >= 0.6 is 0 Å². The van der Waals surface area contributed by atoms with Gasteiger partial charge in [-0.25, -0.2) is 0 Å². The predicted molar refractivity (Wildman–Crippen MR) is 48.4 cm³/mol. The highest BCUT2D eigenvalue weighted by Crippen LogP contribution is 2.22. The third kappa shape index (κ3) is 1.22. The van der Waals surface area contributed by atoms with Gasteiger partial charge in [0.05, 0.1) is 17.2 Å². The van der Waals surface area contributed by atoms with E-state index in [1.54, 1.807) is 24.3 Å². The molecular formula is C9H6N2O2. The normalized spacial score (nSPS) is 11.2. The lowest BCUT2D eigenvalue weighted by Gasteiger charge is -1.96. The van der Waals surface area contributed by atoms with Gasteiger partial charge in [0.1, 0.15) is 0 Å². The predicted octanol–water partition coefficient (Wildman–Crippen LogP) is 2.14. The van der Waals surface area contributed by atoms with Crippen LogP contribution in [0.3, 0.4) is 0 Å². The molecule has 1 aromatic heterocycles. The zero-order valence-corrected chi connectivity index (χ0v) is 6.60. The number of hydrogen-bond donors (Lipinski definition) is 0. The van der Waals surface area contributed by atoms with Gasteiger partial charge in [0.15, 0.2) is 0 Å². The minimum Gasteiger partial charge on any atom is -0.258 e. The van der Waals surface area contributed by atoms with Gasteiger partial charge in [-0.15, -0.1) is 0 Å². The van der Waals surface area contributed by atoms with E-state index in [0.717, 1.165) is 6.07 Å². The maximum Gasteiger partial charge on any atom is 0.280 e. The van der Waals surface area contributed by atoms with E-state index < -0.39 is 4.92 Å².